The zero-order valence-corrected chi connectivity index (χ0v) is 17.3. The number of aliphatic hydroxyl groups excluding tert-OH is 3. The van der Waals surface area contributed by atoms with Gasteiger partial charge in [0.15, 0.2) is 0 Å². The van der Waals surface area contributed by atoms with Gasteiger partial charge in [-0.15, -0.1) is 0 Å². The van der Waals surface area contributed by atoms with Crippen LogP contribution in [0.15, 0.2) is 30.3 Å². The summed E-state index contributed by atoms with van der Waals surface area (Å²) in [6, 6.07) is 9.90. The van der Waals surface area contributed by atoms with E-state index in [1.54, 1.807) is 4.90 Å². The molecule has 0 unspecified atom stereocenters. The van der Waals surface area contributed by atoms with E-state index in [9.17, 15) is 20.1 Å². The molecular formula is C23H35NO4. The lowest BCUT2D eigenvalue weighted by molar-refractivity contribution is -0.187. The molecule has 0 heterocycles. The fraction of sp³-hybridized carbons (Fsp3) is 0.696. The molecule has 1 aromatic rings. The average Bonchev–Trinajstić information content (AvgIpc) is 2.68. The van der Waals surface area contributed by atoms with Crippen molar-refractivity contribution in [1.29, 1.82) is 0 Å². The molecule has 2 aliphatic rings. The van der Waals surface area contributed by atoms with Gasteiger partial charge in [-0.05, 0) is 48.5 Å². The monoisotopic (exact) mass is 389 g/mol. The third-order valence-electron chi connectivity index (χ3n) is 7.80. The maximum atomic E-state index is 13.0. The van der Waals surface area contributed by atoms with E-state index in [2.05, 4.69) is 6.92 Å². The zero-order valence-electron chi connectivity index (χ0n) is 17.3. The van der Waals surface area contributed by atoms with Crippen molar-refractivity contribution in [3.05, 3.63) is 35.9 Å². The summed E-state index contributed by atoms with van der Waals surface area (Å²) >= 11 is 0. The first kappa shape index (κ1) is 21.3. The lowest BCUT2D eigenvalue weighted by Gasteiger charge is -2.60. The Labute approximate surface area is 168 Å². The summed E-state index contributed by atoms with van der Waals surface area (Å²) in [5, 5.41) is 31.4. The molecule has 0 aliphatic heterocycles. The summed E-state index contributed by atoms with van der Waals surface area (Å²) < 4.78 is 0. The molecule has 2 fully saturated rings. The van der Waals surface area contributed by atoms with E-state index in [1.165, 1.54) is 0 Å². The van der Waals surface area contributed by atoms with Crippen molar-refractivity contribution in [3.8, 4) is 0 Å². The highest BCUT2D eigenvalue weighted by molar-refractivity contribution is 5.76. The van der Waals surface area contributed by atoms with Crippen LogP contribution in [0.3, 0.4) is 0 Å². The number of carbonyl (C=O) groups excluding carboxylic acids is 1. The number of rotatable bonds is 5. The van der Waals surface area contributed by atoms with Crippen LogP contribution in [0.2, 0.25) is 0 Å². The molecule has 1 amide bonds. The van der Waals surface area contributed by atoms with E-state index < -0.39 is 17.6 Å². The third-order valence-corrected chi connectivity index (χ3v) is 7.80. The Hall–Kier alpha value is -1.43. The number of fused-ring (bicyclic) bond motifs is 1. The Morgan fingerprint density at radius 1 is 1.14 bits per heavy atom. The summed E-state index contributed by atoms with van der Waals surface area (Å²) in [7, 11) is 1.81. The second-order valence-corrected chi connectivity index (χ2v) is 9.47. The van der Waals surface area contributed by atoms with Crippen LogP contribution in [0.4, 0.5) is 0 Å². The molecule has 156 valence electrons. The average molecular weight is 390 g/mol. The fourth-order valence-corrected chi connectivity index (χ4v) is 5.89. The van der Waals surface area contributed by atoms with Crippen molar-refractivity contribution in [3.63, 3.8) is 0 Å². The maximum Gasteiger partial charge on any atom is 0.223 e. The summed E-state index contributed by atoms with van der Waals surface area (Å²) in [4.78, 5) is 14.7. The SMILES string of the molecule is CN(Cc1ccccc1)C(=O)C[C@@H]1[C@H](O)CC[C@@H]2[C@](C)(CO)[C@H](O)CC[C@]21C. The number of hydrogen-bond donors (Lipinski definition) is 3. The standard InChI is InChI=1S/C23H35NO4/c1-22-12-11-20(27)23(2,15-25)19(22)10-9-18(26)17(22)13-21(28)24(3)14-16-7-5-4-6-8-16/h4-8,17-20,25-27H,9-15H2,1-3H3/t17-,18-,19+,20-,22+,23+/m1/s1. The summed E-state index contributed by atoms with van der Waals surface area (Å²) in [5.41, 5.74) is 0.238. The van der Waals surface area contributed by atoms with Crippen LogP contribution in [0.5, 0.6) is 0 Å². The fourth-order valence-electron chi connectivity index (χ4n) is 5.89. The van der Waals surface area contributed by atoms with Gasteiger partial charge in [-0.1, -0.05) is 44.2 Å². The van der Waals surface area contributed by atoms with E-state index >= 15 is 0 Å². The molecule has 0 spiro atoms. The Kier molecular flexibility index (Phi) is 6.18. The molecule has 0 bridgehead atoms. The minimum absolute atomic E-state index is 0.0339. The van der Waals surface area contributed by atoms with Gasteiger partial charge in [0.2, 0.25) is 5.91 Å². The predicted octanol–water partition coefficient (Wildman–Crippen LogP) is 2.58. The first-order valence-corrected chi connectivity index (χ1v) is 10.5. The van der Waals surface area contributed by atoms with E-state index in [0.29, 0.717) is 25.8 Å². The van der Waals surface area contributed by atoms with Gasteiger partial charge in [-0.2, -0.15) is 0 Å². The Morgan fingerprint density at radius 3 is 2.46 bits per heavy atom. The van der Waals surface area contributed by atoms with Gasteiger partial charge in [-0.25, -0.2) is 0 Å². The smallest absolute Gasteiger partial charge is 0.223 e. The van der Waals surface area contributed by atoms with Gasteiger partial charge in [0, 0.05) is 25.4 Å². The maximum absolute atomic E-state index is 13.0. The number of hydrogen-bond acceptors (Lipinski definition) is 4. The van der Waals surface area contributed by atoms with Crippen molar-refractivity contribution >= 4 is 5.91 Å². The molecule has 0 aromatic heterocycles. The summed E-state index contributed by atoms with van der Waals surface area (Å²) in [5.74, 6) is -0.0312. The van der Waals surface area contributed by atoms with Crippen molar-refractivity contribution < 1.29 is 20.1 Å². The van der Waals surface area contributed by atoms with Gasteiger partial charge < -0.3 is 20.2 Å². The van der Waals surface area contributed by atoms with Crippen LogP contribution in [0.1, 0.15) is 51.5 Å². The minimum Gasteiger partial charge on any atom is -0.396 e. The van der Waals surface area contributed by atoms with Crippen molar-refractivity contribution in [2.45, 2.75) is 64.7 Å². The van der Waals surface area contributed by atoms with Crippen molar-refractivity contribution in [2.24, 2.45) is 22.7 Å². The van der Waals surface area contributed by atoms with Crippen LogP contribution < -0.4 is 0 Å². The van der Waals surface area contributed by atoms with Crippen molar-refractivity contribution in [2.75, 3.05) is 13.7 Å². The second kappa shape index (κ2) is 8.13. The number of aliphatic hydroxyl groups is 3. The zero-order chi connectivity index (χ0) is 20.5. The first-order chi connectivity index (χ1) is 13.2. The molecule has 2 saturated carbocycles. The van der Waals surface area contributed by atoms with Gasteiger partial charge in [0.05, 0.1) is 18.8 Å². The summed E-state index contributed by atoms with van der Waals surface area (Å²) in [6.07, 6.45) is 2.00. The molecule has 0 radical (unpaired) electrons. The largest absolute Gasteiger partial charge is 0.396 e. The summed E-state index contributed by atoms with van der Waals surface area (Å²) in [6.45, 7) is 4.58. The van der Waals surface area contributed by atoms with Crippen LogP contribution >= 0.6 is 0 Å². The van der Waals surface area contributed by atoms with Crippen LogP contribution in [-0.2, 0) is 11.3 Å². The van der Waals surface area contributed by atoms with E-state index in [4.69, 9.17) is 0 Å². The van der Waals surface area contributed by atoms with Crippen LogP contribution in [-0.4, -0.2) is 52.0 Å². The number of carbonyl (C=O) groups is 1. The van der Waals surface area contributed by atoms with Gasteiger partial charge in [0.25, 0.3) is 0 Å². The molecule has 3 N–H and O–H groups in total. The lowest BCUT2D eigenvalue weighted by atomic mass is 9.46. The Balaban J connectivity index is 1.77. The molecule has 28 heavy (non-hydrogen) atoms. The topological polar surface area (TPSA) is 81.0 Å². The molecule has 5 heteroatoms. The quantitative estimate of drug-likeness (QED) is 0.723. The molecule has 0 saturated heterocycles. The highest BCUT2D eigenvalue weighted by Crippen LogP contribution is 2.60. The minimum atomic E-state index is -0.579. The highest BCUT2D eigenvalue weighted by atomic mass is 16.3. The second-order valence-electron chi connectivity index (χ2n) is 9.47. The molecule has 5 nitrogen and oxygen atoms in total. The van der Waals surface area contributed by atoms with Crippen LogP contribution in [0.25, 0.3) is 0 Å². The predicted molar refractivity (Wildman–Crippen MR) is 108 cm³/mol. The third kappa shape index (κ3) is 3.72. The normalized spacial score (nSPS) is 37.9. The van der Waals surface area contributed by atoms with Gasteiger partial charge >= 0.3 is 0 Å². The number of benzene rings is 1. The molecule has 1 aromatic carbocycles. The van der Waals surface area contributed by atoms with Gasteiger partial charge in [0.1, 0.15) is 0 Å². The number of amides is 1. The molecular weight excluding hydrogens is 354 g/mol. The molecule has 3 rings (SSSR count). The van der Waals surface area contributed by atoms with Crippen molar-refractivity contribution in [1.82, 2.24) is 4.90 Å². The molecule has 6 atom stereocenters. The van der Waals surface area contributed by atoms with E-state index in [0.717, 1.165) is 18.4 Å². The Bertz CT molecular complexity index is 680. The van der Waals surface area contributed by atoms with Gasteiger partial charge in [-0.3, -0.25) is 4.79 Å². The highest BCUT2D eigenvalue weighted by Gasteiger charge is 2.59. The lowest BCUT2D eigenvalue weighted by Crippen LogP contribution is -2.60. The van der Waals surface area contributed by atoms with Crippen LogP contribution in [0, 0.1) is 22.7 Å². The first-order valence-electron chi connectivity index (χ1n) is 10.5. The van der Waals surface area contributed by atoms with E-state index in [-0.39, 0.29) is 29.8 Å². The Morgan fingerprint density at radius 2 is 1.82 bits per heavy atom. The molecule has 2 aliphatic carbocycles. The van der Waals surface area contributed by atoms with E-state index in [1.807, 2.05) is 44.3 Å². The number of nitrogens with zero attached hydrogens (tertiary/aromatic N) is 1.